The first-order valence-corrected chi connectivity index (χ1v) is 7.52. The molecule has 116 valence electrons. The lowest BCUT2D eigenvalue weighted by Crippen LogP contribution is -2.37. The number of amides is 1. The van der Waals surface area contributed by atoms with Crippen LogP contribution in [0.5, 0.6) is 5.75 Å². The number of rotatable bonds is 5. The Balaban J connectivity index is 1.80. The molecule has 0 aliphatic carbocycles. The van der Waals surface area contributed by atoms with Crippen molar-refractivity contribution in [2.75, 3.05) is 32.1 Å². The number of anilines is 1. The van der Waals surface area contributed by atoms with Crippen molar-refractivity contribution >= 4 is 11.8 Å². The van der Waals surface area contributed by atoms with Crippen molar-refractivity contribution in [2.45, 2.75) is 32.3 Å². The van der Waals surface area contributed by atoms with Crippen LogP contribution < -0.4 is 10.1 Å². The summed E-state index contributed by atoms with van der Waals surface area (Å²) < 4.78 is 10.6. The van der Waals surface area contributed by atoms with Gasteiger partial charge in [-0.05, 0) is 45.0 Å². The zero-order valence-electron chi connectivity index (χ0n) is 12.8. The molecule has 5 nitrogen and oxygen atoms in total. The highest BCUT2D eigenvalue weighted by Gasteiger charge is 2.17. The minimum absolute atomic E-state index is 0.127. The van der Waals surface area contributed by atoms with Crippen LogP contribution in [0.15, 0.2) is 24.3 Å². The van der Waals surface area contributed by atoms with Gasteiger partial charge < -0.3 is 9.47 Å². The number of carbonyl (C=O) groups excluding carboxylic acids is 1. The minimum Gasteiger partial charge on any atom is -0.495 e. The van der Waals surface area contributed by atoms with Gasteiger partial charge in [0.15, 0.2) is 0 Å². The third-order valence-corrected chi connectivity index (χ3v) is 3.62. The van der Waals surface area contributed by atoms with Crippen LogP contribution in [0.3, 0.4) is 0 Å². The average molecular weight is 292 g/mol. The van der Waals surface area contributed by atoms with Crippen LogP contribution in [-0.2, 0) is 4.74 Å². The fourth-order valence-electron chi connectivity index (χ4n) is 2.61. The summed E-state index contributed by atoms with van der Waals surface area (Å²) in [4.78, 5) is 14.3. The lowest BCUT2D eigenvalue weighted by molar-refractivity contribution is 0.0833. The Labute approximate surface area is 126 Å². The highest BCUT2D eigenvalue weighted by molar-refractivity contribution is 5.86. The highest BCUT2D eigenvalue weighted by Crippen LogP contribution is 2.23. The maximum absolute atomic E-state index is 11.9. The number of hydrogen-bond donors (Lipinski definition) is 1. The van der Waals surface area contributed by atoms with Crippen molar-refractivity contribution in [3.05, 3.63) is 24.3 Å². The van der Waals surface area contributed by atoms with E-state index in [1.54, 1.807) is 19.2 Å². The molecular formula is C16H24N2O3. The van der Waals surface area contributed by atoms with Crippen molar-refractivity contribution in [1.82, 2.24) is 4.90 Å². The fourth-order valence-corrected chi connectivity index (χ4v) is 2.61. The number of methoxy groups -OCH3 is 1. The summed E-state index contributed by atoms with van der Waals surface area (Å²) >= 11 is 0. The lowest BCUT2D eigenvalue weighted by atomic mass is 10.1. The van der Waals surface area contributed by atoms with Crippen LogP contribution in [0.1, 0.15) is 26.2 Å². The Hall–Kier alpha value is -1.75. The number of piperidine rings is 1. The fraction of sp³-hybridized carbons (Fsp3) is 0.562. The Kier molecular flexibility index (Phi) is 5.87. The van der Waals surface area contributed by atoms with E-state index in [4.69, 9.17) is 9.47 Å². The summed E-state index contributed by atoms with van der Waals surface area (Å²) in [6, 6.07) is 7.28. The SMILES string of the molecule is COc1ccccc1NC(=O)O[C@H](C)CN1CCCCC1. The Morgan fingerprint density at radius 2 is 2.00 bits per heavy atom. The number of benzene rings is 1. The molecule has 1 fully saturated rings. The number of para-hydroxylation sites is 2. The molecule has 1 aromatic carbocycles. The molecule has 1 aliphatic rings. The highest BCUT2D eigenvalue weighted by atomic mass is 16.6. The zero-order chi connectivity index (χ0) is 15.1. The van der Waals surface area contributed by atoms with E-state index in [0.29, 0.717) is 11.4 Å². The second-order valence-electron chi connectivity index (χ2n) is 5.40. The summed E-state index contributed by atoms with van der Waals surface area (Å²) in [5, 5.41) is 2.72. The second kappa shape index (κ2) is 7.88. The van der Waals surface area contributed by atoms with Gasteiger partial charge in [0.2, 0.25) is 0 Å². The lowest BCUT2D eigenvalue weighted by Gasteiger charge is -2.28. The van der Waals surface area contributed by atoms with Crippen LogP contribution in [0.25, 0.3) is 0 Å². The molecule has 0 unspecified atom stereocenters. The van der Waals surface area contributed by atoms with Crippen LogP contribution in [0, 0.1) is 0 Å². The number of carbonyl (C=O) groups is 1. The van der Waals surface area contributed by atoms with E-state index in [-0.39, 0.29) is 6.10 Å². The predicted octanol–water partition coefficient (Wildman–Crippen LogP) is 3.12. The Bertz CT molecular complexity index is 459. The summed E-state index contributed by atoms with van der Waals surface area (Å²) in [5.41, 5.74) is 0.621. The molecular weight excluding hydrogens is 268 g/mol. The van der Waals surface area contributed by atoms with Gasteiger partial charge >= 0.3 is 6.09 Å². The van der Waals surface area contributed by atoms with Crippen LogP contribution in [0.2, 0.25) is 0 Å². The largest absolute Gasteiger partial charge is 0.495 e. The molecule has 0 spiro atoms. The normalized spacial score (nSPS) is 17.0. The van der Waals surface area contributed by atoms with Crippen LogP contribution in [-0.4, -0.2) is 43.8 Å². The Morgan fingerprint density at radius 3 is 2.71 bits per heavy atom. The van der Waals surface area contributed by atoms with Crippen molar-refractivity contribution in [2.24, 2.45) is 0 Å². The van der Waals surface area contributed by atoms with E-state index >= 15 is 0 Å². The maximum Gasteiger partial charge on any atom is 0.412 e. The van der Waals surface area contributed by atoms with E-state index in [1.807, 2.05) is 19.1 Å². The quantitative estimate of drug-likeness (QED) is 0.906. The summed E-state index contributed by atoms with van der Waals surface area (Å²) in [5.74, 6) is 0.623. The monoisotopic (exact) mass is 292 g/mol. The van der Waals surface area contributed by atoms with E-state index in [9.17, 15) is 4.79 Å². The summed E-state index contributed by atoms with van der Waals surface area (Å²) in [6.45, 7) is 4.92. The average Bonchev–Trinajstić information content (AvgIpc) is 2.48. The molecule has 1 aromatic rings. The molecule has 1 atom stereocenters. The van der Waals surface area contributed by atoms with Crippen molar-refractivity contribution in [3.63, 3.8) is 0 Å². The topological polar surface area (TPSA) is 50.8 Å². The molecule has 1 aliphatic heterocycles. The smallest absolute Gasteiger partial charge is 0.412 e. The maximum atomic E-state index is 11.9. The molecule has 0 saturated carbocycles. The van der Waals surface area contributed by atoms with E-state index < -0.39 is 6.09 Å². The number of likely N-dealkylation sites (tertiary alicyclic amines) is 1. The van der Waals surface area contributed by atoms with Gasteiger partial charge in [-0.15, -0.1) is 0 Å². The van der Waals surface area contributed by atoms with Crippen molar-refractivity contribution in [3.8, 4) is 5.75 Å². The molecule has 1 N–H and O–H groups in total. The number of hydrogen-bond acceptors (Lipinski definition) is 4. The predicted molar refractivity (Wildman–Crippen MR) is 82.9 cm³/mol. The van der Waals surface area contributed by atoms with Gasteiger partial charge in [0.25, 0.3) is 0 Å². The van der Waals surface area contributed by atoms with Crippen LogP contribution >= 0.6 is 0 Å². The minimum atomic E-state index is -0.441. The van der Waals surface area contributed by atoms with E-state index in [0.717, 1.165) is 19.6 Å². The van der Waals surface area contributed by atoms with Gasteiger partial charge in [-0.25, -0.2) is 4.79 Å². The summed E-state index contributed by atoms with van der Waals surface area (Å²) in [7, 11) is 1.57. The molecule has 0 bridgehead atoms. The van der Waals surface area contributed by atoms with Gasteiger partial charge in [-0.1, -0.05) is 18.6 Å². The van der Waals surface area contributed by atoms with Crippen molar-refractivity contribution in [1.29, 1.82) is 0 Å². The van der Waals surface area contributed by atoms with Crippen LogP contribution in [0.4, 0.5) is 10.5 Å². The first kappa shape index (κ1) is 15.6. The van der Waals surface area contributed by atoms with Gasteiger partial charge in [0.05, 0.1) is 12.8 Å². The third kappa shape index (κ3) is 4.93. The zero-order valence-corrected chi connectivity index (χ0v) is 12.8. The van der Waals surface area contributed by atoms with Gasteiger partial charge in [0, 0.05) is 6.54 Å². The van der Waals surface area contributed by atoms with Gasteiger partial charge in [-0.2, -0.15) is 0 Å². The third-order valence-electron chi connectivity index (χ3n) is 3.62. The van der Waals surface area contributed by atoms with E-state index in [2.05, 4.69) is 10.2 Å². The summed E-state index contributed by atoms with van der Waals surface area (Å²) in [6.07, 6.45) is 3.21. The first-order chi connectivity index (χ1) is 10.2. The van der Waals surface area contributed by atoms with Crippen molar-refractivity contribution < 1.29 is 14.3 Å². The standard InChI is InChI=1S/C16H24N2O3/c1-13(12-18-10-6-3-7-11-18)21-16(19)17-14-8-4-5-9-15(14)20-2/h4-5,8-9,13H,3,6-7,10-12H2,1-2H3,(H,17,19)/t13-/m1/s1. The molecule has 0 aromatic heterocycles. The molecule has 21 heavy (non-hydrogen) atoms. The van der Waals surface area contributed by atoms with Gasteiger partial charge in [0.1, 0.15) is 11.9 Å². The first-order valence-electron chi connectivity index (χ1n) is 7.52. The second-order valence-corrected chi connectivity index (χ2v) is 5.40. The number of ether oxygens (including phenoxy) is 2. The van der Waals surface area contributed by atoms with Gasteiger partial charge in [-0.3, -0.25) is 10.2 Å². The van der Waals surface area contributed by atoms with E-state index in [1.165, 1.54) is 19.3 Å². The molecule has 1 heterocycles. The number of nitrogens with one attached hydrogen (secondary N) is 1. The molecule has 1 amide bonds. The molecule has 1 saturated heterocycles. The molecule has 0 radical (unpaired) electrons. The Morgan fingerprint density at radius 1 is 1.29 bits per heavy atom. The number of nitrogens with zero attached hydrogens (tertiary/aromatic N) is 1. The molecule has 2 rings (SSSR count). The molecule has 5 heteroatoms.